The fourth-order valence-corrected chi connectivity index (χ4v) is 4.01. The second kappa shape index (κ2) is 12.7. The van der Waals surface area contributed by atoms with Crippen molar-refractivity contribution in [1.82, 2.24) is 10.3 Å². The smallest absolute Gasteiger partial charge is 0.407 e. The van der Waals surface area contributed by atoms with Crippen LogP contribution in [0, 0.1) is 17.8 Å². The zero-order chi connectivity index (χ0) is 27.0. The van der Waals surface area contributed by atoms with Gasteiger partial charge in [0, 0.05) is 35.6 Å². The molecule has 1 aliphatic rings. The van der Waals surface area contributed by atoms with Crippen molar-refractivity contribution >= 4 is 23.0 Å². The molecule has 0 saturated carbocycles. The third kappa shape index (κ3) is 7.54. The van der Waals surface area contributed by atoms with E-state index in [4.69, 9.17) is 23.9 Å². The van der Waals surface area contributed by atoms with Gasteiger partial charge in [-0.25, -0.2) is 14.6 Å². The van der Waals surface area contributed by atoms with Gasteiger partial charge in [-0.15, -0.1) is 0 Å². The SMILES string of the molecule is CCOC(=O)C1=C(C#Cc2nc3ccccc3cc2CNC(=O)OC(C)(C)C)C(CC)C(OCC)OC1. The quantitative estimate of drug-likeness (QED) is 0.420. The van der Waals surface area contributed by atoms with Crippen molar-refractivity contribution in [2.24, 2.45) is 5.92 Å². The summed E-state index contributed by atoms with van der Waals surface area (Å²) in [5.41, 5.74) is 2.42. The highest BCUT2D eigenvalue weighted by Gasteiger charge is 2.34. The van der Waals surface area contributed by atoms with Crippen LogP contribution in [0.4, 0.5) is 4.79 Å². The van der Waals surface area contributed by atoms with E-state index in [1.807, 2.05) is 65.0 Å². The lowest BCUT2D eigenvalue weighted by molar-refractivity contribution is -0.168. The summed E-state index contributed by atoms with van der Waals surface area (Å²) in [5, 5.41) is 3.72. The normalized spacial score (nSPS) is 17.7. The topological polar surface area (TPSA) is 96.0 Å². The minimum Gasteiger partial charge on any atom is -0.463 e. The van der Waals surface area contributed by atoms with Gasteiger partial charge in [0.25, 0.3) is 0 Å². The van der Waals surface area contributed by atoms with Gasteiger partial charge < -0.3 is 24.3 Å². The van der Waals surface area contributed by atoms with Crippen LogP contribution >= 0.6 is 0 Å². The minimum atomic E-state index is -0.611. The Morgan fingerprint density at radius 2 is 1.89 bits per heavy atom. The molecule has 1 amide bonds. The molecule has 0 radical (unpaired) electrons. The molecule has 0 bridgehead atoms. The molecular weight excluding hydrogens is 472 g/mol. The zero-order valence-electron chi connectivity index (χ0n) is 22.5. The van der Waals surface area contributed by atoms with Crippen LogP contribution in [0.25, 0.3) is 10.9 Å². The molecule has 1 aromatic heterocycles. The molecule has 1 N–H and O–H groups in total. The van der Waals surface area contributed by atoms with E-state index in [0.29, 0.717) is 29.9 Å². The summed E-state index contributed by atoms with van der Waals surface area (Å²) in [6, 6.07) is 9.65. The van der Waals surface area contributed by atoms with Crippen LogP contribution in [0.1, 0.15) is 59.2 Å². The van der Waals surface area contributed by atoms with Crippen LogP contribution in [0.2, 0.25) is 0 Å². The summed E-state index contributed by atoms with van der Waals surface area (Å²) in [4.78, 5) is 29.8. The molecule has 2 atom stereocenters. The number of esters is 1. The molecule has 2 heterocycles. The van der Waals surface area contributed by atoms with Crippen molar-refractivity contribution < 1.29 is 28.5 Å². The number of para-hydroxylation sites is 1. The lowest BCUT2D eigenvalue weighted by atomic mass is 9.89. The summed E-state index contributed by atoms with van der Waals surface area (Å²) in [6.45, 7) is 12.1. The molecule has 2 unspecified atom stereocenters. The number of fused-ring (bicyclic) bond motifs is 1. The number of rotatable bonds is 7. The summed E-state index contributed by atoms with van der Waals surface area (Å²) in [7, 11) is 0. The third-order valence-corrected chi connectivity index (χ3v) is 5.65. The average molecular weight is 509 g/mol. The molecule has 0 saturated heterocycles. The lowest BCUT2D eigenvalue weighted by Gasteiger charge is -2.32. The van der Waals surface area contributed by atoms with Crippen LogP contribution in [0.3, 0.4) is 0 Å². The highest BCUT2D eigenvalue weighted by atomic mass is 16.7. The number of amides is 1. The van der Waals surface area contributed by atoms with Crippen LogP contribution in [-0.2, 0) is 30.3 Å². The predicted molar refractivity (Wildman–Crippen MR) is 141 cm³/mol. The number of ether oxygens (including phenoxy) is 4. The van der Waals surface area contributed by atoms with E-state index in [9.17, 15) is 9.59 Å². The molecule has 1 aromatic carbocycles. The number of carbonyl (C=O) groups is 2. The molecule has 1 aliphatic heterocycles. The van der Waals surface area contributed by atoms with Crippen LogP contribution in [0.15, 0.2) is 41.5 Å². The molecule has 0 aliphatic carbocycles. The highest BCUT2D eigenvalue weighted by Crippen LogP contribution is 2.31. The highest BCUT2D eigenvalue weighted by molar-refractivity contribution is 5.91. The zero-order valence-corrected chi connectivity index (χ0v) is 22.5. The first kappa shape index (κ1) is 28.2. The van der Waals surface area contributed by atoms with Crippen LogP contribution in [0.5, 0.6) is 0 Å². The number of nitrogens with one attached hydrogen (secondary N) is 1. The van der Waals surface area contributed by atoms with Crippen molar-refractivity contribution in [2.75, 3.05) is 19.8 Å². The maximum atomic E-state index is 12.7. The van der Waals surface area contributed by atoms with Crippen molar-refractivity contribution in [2.45, 2.75) is 66.4 Å². The Labute approximate surface area is 218 Å². The van der Waals surface area contributed by atoms with E-state index in [0.717, 1.165) is 16.5 Å². The van der Waals surface area contributed by atoms with Gasteiger partial charge >= 0.3 is 12.1 Å². The number of benzene rings is 1. The largest absolute Gasteiger partial charge is 0.463 e. The van der Waals surface area contributed by atoms with Crippen molar-refractivity contribution in [3.05, 3.63) is 52.7 Å². The molecule has 2 aromatic rings. The van der Waals surface area contributed by atoms with Gasteiger partial charge in [-0.3, -0.25) is 0 Å². The van der Waals surface area contributed by atoms with Gasteiger partial charge in [0.1, 0.15) is 11.3 Å². The minimum absolute atomic E-state index is 0.0578. The summed E-state index contributed by atoms with van der Waals surface area (Å²) in [5.74, 6) is 5.70. The van der Waals surface area contributed by atoms with E-state index in [2.05, 4.69) is 17.2 Å². The Morgan fingerprint density at radius 1 is 1.14 bits per heavy atom. The number of aromatic nitrogens is 1. The summed E-state index contributed by atoms with van der Waals surface area (Å²) < 4.78 is 22.3. The van der Waals surface area contributed by atoms with E-state index in [1.54, 1.807) is 6.92 Å². The maximum absolute atomic E-state index is 12.7. The number of hydrogen-bond donors (Lipinski definition) is 1. The van der Waals surface area contributed by atoms with Gasteiger partial charge in [0.15, 0.2) is 6.29 Å². The monoisotopic (exact) mass is 508 g/mol. The molecular formula is C29H36N2O6. The number of hydrogen-bond acceptors (Lipinski definition) is 7. The number of nitrogens with zero attached hydrogens (tertiary/aromatic N) is 1. The molecule has 8 nitrogen and oxygen atoms in total. The van der Waals surface area contributed by atoms with Crippen molar-refractivity contribution in [3.8, 4) is 11.8 Å². The van der Waals surface area contributed by atoms with E-state index in [1.165, 1.54) is 0 Å². The number of carbonyl (C=O) groups excluding carboxylic acids is 2. The number of pyridine rings is 1. The second-order valence-electron chi connectivity index (χ2n) is 9.56. The Hall–Kier alpha value is -3.41. The fourth-order valence-electron chi connectivity index (χ4n) is 4.01. The standard InChI is InChI=1S/C29H36N2O6/c1-7-21-22(23(26(32)34-8-2)18-36-27(21)35-9-3)14-15-25-20(17-30-28(33)37-29(4,5)6)16-19-12-10-11-13-24(19)31-25/h10-13,16,21,27H,7-9,17-18H2,1-6H3,(H,30,33). The Morgan fingerprint density at radius 3 is 2.57 bits per heavy atom. The van der Waals surface area contributed by atoms with Crippen molar-refractivity contribution in [3.63, 3.8) is 0 Å². The Bertz CT molecular complexity index is 1220. The van der Waals surface area contributed by atoms with E-state index >= 15 is 0 Å². The number of alkyl carbamates (subject to hydrolysis) is 1. The molecule has 37 heavy (non-hydrogen) atoms. The van der Waals surface area contributed by atoms with Gasteiger partial charge in [0.2, 0.25) is 0 Å². The molecule has 0 fully saturated rings. The average Bonchev–Trinajstić information content (AvgIpc) is 2.85. The van der Waals surface area contributed by atoms with E-state index < -0.39 is 24.0 Å². The van der Waals surface area contributed by atoms with Gasteiger partial charge in [-0.05, 0) is 59.1 Å². The van der Waals surface area contributed by atoms with Gasteiger partial charge in [-0.2, -0.15) is 0 Å². The summed E-state index contributed by atoms with van der Waals surface area (Å²) in [6.07, 6.45) is -0.368. The Kier molecular flexibility index (Phi) is 9.67. The van der Waals surface area contributed by atoms with Crippen LogP contribution in [-0.4, -0.2) is 48.8 Å². The first-order valence-electron chi connectivity index (χ1n) is 12.7. The molecule has 3 rings (SSSR count). The second-order valence-corrected chi connectivity index (χ2v) is 9.56. The van der Waals surface area contributed by atoms with Crippen molar-refractivity contribution in [1.29, 1.82) is 0 Å². The van der Waals surface area contributed by atoms with Gasteiger partial charge in [0.05, 0.1) is 24.3 Å². The van der Waals surface area contributed by atoms with Crippen LogP contribution < -0.4 is 5.32 Å². The fraction of sp³-hybridized carbons (Fsp3) is 0.483. The predicted octanol–water partition coefficient (Wildman–Crippen LogP) is 4.89. The maximum Gasteiger partial charge on any atom is 0.407 e. The third-order valence-electron chi connectivity index (χ3n) is 5.65. The first-order valence-corrected chi connectivity index (χ1v) is 12.7. The molecule has 8 heteroatoms. The first-order chi connectivity index (χ1) is 17.7. The lowest BCUT2D eigenvalue weighted by Crippen LogP contribution is -2.36. The molecule has 0 spiro atoms. The Balaban J connectivity index is 2.05. The van der Waals surface area contributed by atoms with Gasteiger partial charge in [-0.1, -0.05) is 31.0 Å². The molecule has 198 valence electrons. The van der Waals surface area contributed by atoms with E-state index in [-0.39, 0.29) is 25.7 Å². The summed E-state index contributed by atoms with van der Waals surface area (Å²) >= 11 is 0.